The van der Waals surface area contributed by atoms with Crippen LogP contribution < -0.4 is 0 Å². The van der Waals surface area contributed by atoms with Gasteiger partial charge in [-0.3, -0.25) is 0 Å². The number of hydrogen-bond acceptors (Lipinski definition) is 3. The number of hydrogen-bond donors (Lipinski definition) is 2. The van der Waals surface area contributed by atoms with Crippen molar-refractivity contribution in [1.82, 2.24) is 4.90 Å². The van der Waals surface area contributed by atoms with Crippen LogP contribution in [0.4, 0.5) is 0 Å². The molecule has 0 radical (unpaired) electrons. The van der Waals surface area contributed by atoms with Gasteiger partial charge in [-0.05, 0) is 32.2 Å². The molecule has 0 aromatic rings. The van der Waals surface area contributed by atoms with Crippen molar-refractivity contribution >= 4 is 0 Å². The Hall–Kier alpha value is -0.120. The first kappa shape index (κ1) is 13.9. The number of aliphatic hydroxyl groups excluding tert-OH is 2. The summed E-state index contributed by atoms with van der Waals surface area (Å²) in [5.41, 5.74) is 0. The summed E-state index contributed by atoms with van der Waals surface area (Å²) in [4.78, 5) is 2.22. The fourth-order valence-electron chi connectivity index (χ4n) is 1.85. The van der Waals surface area contributed by atoms with Crippen LogP contribution in [0.5, 0.6) is 0 Å². The first-order valence-corrected chi connectivity index (χ1v) is 5.43. The van der Waals surface area contributed by atoms with E-state index in [2.05, 4.69) is 18.9 Å². The van der Waals surface area contributed by atoms with Crippen LogP contribution in [0.2, 0.25) is 0 Å². The molecule has 0 saturated heterocycles. The molecular weight excluding hydrogens is 178 g/mol. The molecule has 2 N–H and O–H groups in total. The Kier molecular flexibility index (Phi) is 7.15. The fourth-order valence-corrected chi connectivity index (χ4v) is 1.85. The maximum absolute atomic E-state index is 9.21. The summed E-state index contributed by atoms with van der Waals surface area (Å²) in [5, 5.41) is 18.1. The van der Waals surface area contributed by atoms with Crippen LogP contribution in [0.15, 0.2) is 0 Å². The van der Waals surface area contributed by atoms with E-state index in [9.17, 15) is 5.11 Å². The normalized spacial score (nSPS) is 18.2. The molecule has 3 heteroatoms. The molecule has 0 heterocycles. The Morgan fingerprint density at radius 1 is 1.07 bits per heavy atom. The van der Waals surface area contributed by atoms with E-state index in [1.54, 1.807) is 0 Å². The molecule has 3 unspecified atom stereocenters. The van der Waals surface area contributed by atoms with Gasteiger partial charge >= 0.3 is 0 Å². The summed E-state index contributed by atoms with van der Waals surface area (Å²) in [6.45, 7) is 8.15. The maximum Gasteiger partial charge on any atom is 0.0515 e. The Balaban J connectivity index is 3.65. The SMILES string of the molecule is CC(O)CC(C)CN(C)CC(C)CO. The molecule has 0 bridgehead atoms. The lowest BCUT2D eigenvalue weighted by Crippen LogP contribution is -2.31. The Bertz CT molecular complexity index is 139. The molecule has 86 valence electrons. The van der Waals surface area contributed by atoms with E-state index in [0.29, 0.717) is 11.8 Å². The van der Waals surface area contributed by atoms with Crippen LogP contribution in [0, 0.1) is 11.8 Å². The van der Waals surface area contributed by atoms with Crippen molar-refractivity contribution in [3.05, 3.63) is 0 Å². The summed E-state index contributed by atoms with van der Waals surface area (Å²) in [5.74, 6) is 0.838. The van der Waals surface area contributed by atoms with Crippen molar-refractivity contribution in [1.29, 1.82) is 0 Å². The van der Waals surface area contributed by atoms with Gasteiger partial charge < -0.3 is 15.1 Å². The van der Waals surface area contributed by atoms with Gasteiger partial charge in [0.2, 0.25) is 0 Å². The second kappa shape index (κ2) is 7.21. The van der Waals surface area contributed by atoms with Gasteiger partial charge in [0.1, 0.15) is 0 Å². The van der Waals surface area contributed by atoms with Gasteiger partial charge in [0, 0.05) is 19.7 Å². The zero-order valence-electron chi connectivity index (χ0n) is 9.90. The maximum atomic E-state index is 9.21. The highest BCUT2D eigenvalue weighted by Gasteiger charge is 2.11. The molecule has 0 aromatic carbocycles. The smallest absolute Gasteiger partial charge is 0.0515 e. The molecule has 0 fully saturated rings. The van der Waals surface area contributed by atoms with Crippen LogP contribution in [0.25, 0.3) is 0 Å². The van der Waals surface area contributed by atoms with Crippen LogP contribution >= 0.6 is 0 Å². The molecule has 0 rings (SSSR count). The third-order valence-electron chi connectivity index (χ3n) is 2.30. The lowest BCUT2D eigenvalue weighted by Gasteiger charge is -2.24. The molecule has 0 spiro atoms. The van der Waals surface area contributed by atoms with E-state index in [1.165, 1.54) is 0 Å². The third-order valence-corrected chi connectivity index (χ3v) is 2.30. The van der Waals surface area contributed by atoms with Crippen LogP contribution in [0.3, 0.4) is 0 Å². The van der Waals surface area contributed by atoms with E-state index in [0.717, 1.165) is 19.5 Å². The van der Waals surface area contributed by atoms with Crippen molar-refractivity contribution in [2.75, 3.05) is 26.7 Å². The van der Waals surface area contributed by atoms with E-state index in [4.69, 9.17) is 5.11 Å². The van der Waals surface area contributed by atoms with E-state index >= 15 is 0 Å². The molecule has 0 aliphatic carbocycles. The predicted octanol–water partition coefficient (Wildman–Crippen LogP) is 0.954. The first-order chi connectivity index (χ1) is 6.45. The van der Waals surface area contributed by atoms with Gasteiger partial charge in [-0.1, -0.05) is 13.8 Å². The Labute approximate surface area is 87.7 Å². The van der Waals surface area contributed by atoms with Gasteiger partial charge in [-0.15, -0.1) is 0 Å². The van der Waals surface area contributed by atoms with Crippen molar-refractivity contribution < 1.29 is 10.2 Å². The summed E-state index contributed by atoms with van der Waals surface area (Å²) in [7, 11) is 2.06. The van der Waals surface area contributed by atoms with E-state index < -0.39 is 0 Å². The molecule has 0 aromatic heterocycles. The van der Waals surface area contributed by atoms with Gasteiger partial charge in [0.15, 0.2) is 0 Å². The number of nitrogens with zero attached hydrogens (tertiary/aromatic N) is 1. The molecule has 0 aliphatic rings. The topological polar surface area (TPSA) is 43.7 Å². The van der Waals surface area contributed by atoms with Crippen molar-refractivity contribution in [3.8, 4) is 0 Å². The molecule has 3 nitrogen and oxygen atoms in total. The largest absolute Gasteiger partial charge is 0.396 e. The number of aliphatic hydroxyl groups is 2. The molecule has 3 atom stereocenters. The summed E-state index contributed by atoms with van der Waals surface area (Å²) < 4.78 is 0. The molecular formula is C11H25NO2. The van der Waals surface area contributed by atoms with Crippen molar-refractivity contribution in [2.45, 2.75) is 33.3 Å². The minimum atomic E-state index is -0.214. The van der Waals surface area contributed by atoms with Gasteiger partial charge in [-0.2, -0.15) is 0 Å². The fraction of sp³-hybridized carbons (Fsp3) is 1.00. The van der Waals surface area contributed by atoms with Crippen LogP contribution in [0.1, 0.15) is 27.2 Å². The average molecular weight is 203 g/mol. The van der Waals surface area contributed by atoms with Gasteiger partial charge in [-0.25, -0.2) is 0 Å². The third kappa shape index (κ3) is 7.30. The van der Waals surface area contributed by atoms with Gasteiger partial charge in [0.05, 0.1) is 6.10 Å². The quantitative estimate of drug-likeness (QED) is 0.647. The predicted molar refractivity (Wildman–Crippen MR) is 59.2 cm³/mol. The lowest BCUT2D eigenvalue weighted by atomic mass is 10.0. The van der Waals surface area contributed by atoms with Gasteiger partial charge in [0.25, 0.3) is 0 Å². The van der Waals surface area contributed by atoms with Crippen LogP contribution in [-0.4, -0.2) is 48.0 Å². The molecule has 0 aliphatic heterocycles. The highest BCUT2D eigenvalue weighted by molar-refractivity contribution is 4.64. The van der Waals surface area contributed by atoms with E-state index in [-0.39, 0.29) is 12.7 Å². The molecule has 0 amide bonds. The minimum absolute atomic E-state index is 0.214. The standard InChI is InChI=1S/C11H25NO2/c1-9(5-11(3)14)6-12(4)7-10(2)8-13/h9-11,13-14H,5-8H2,1-4H3. The second-order valence-corrected chi connectivity index (χ2v) is 4.70. The zero-order chi connectivity index (χ0) is 11.1. The average Bonchev–Trinajstić information content (AvgIpc) is 2.01. The lowest BCUT2D eigenvalue weighted by molar-refractivity contribution is 0.138. The highest BCUT2D eigenvalue weighted by atomic mass is 16.3. The Morgan fingerprint density at radius 2 is 1.57 bits per heavy atom. The zero-order valence-corrected chi connectivity index (χ0v) is 9.90. The summed E-state index contributed by atoms with van der Waals surface area (Å²) in [6, 6.07) is 0. The number of rotatable bonds is 7. The van der Waals surface area contributed by atoms with Crippen molar-refractivity contribution in [2.24, 2.45) is 11.8 Å². The monoisotopic (exact) mass is 203 g/mol. The highest BCUT2D eigenvalue weighted by Crippen LogP contribution is 2.08. The van der Waals surface area contributed by atoms with Crippen LogP contribution in [-0.2, 0) is 0 Å². The second-order valence-electron chi connectivity index (χ2n) is 4.70. The minimum Gasteiger partial charge on any atom is -0.396 e. The van der Waals surface area contributed by atoms with E-state index in [1.807, 2.05) is 13.8 Å². The van der Waals surface area contributed by atoms with Crippen molar-refractivity contribution in [3.63, 3.8) is 0 Å². The first-order valence-electron chi connectivity index (χ1n) is 5.43. The summed E-state index contributed by atoms with van der Waals surface area (Å²) >= 11 is 0. The molecule has 0 saturated carbocycles. The summed E-state index contributed by atoms with van der Waals surface area (Å²) in [6.07, 6.45) is 0.631. The molecule has 14 heavy (non-hydrogen) atoms. The Morgan fingerprint density at radius 3 is 2.00 bits per heavy atom.